The Morgan fingerprint density at radius 2 is 1.89 bits per heavy atom. The van der Waals surface area contributed by atoms with Gasteiger partial charge in [-0.05, 0) is 45.0 Å². The minimum Gasteiger partial charge on any atom is -0.437 e. The molecule has 0 amide bonds. The van der Waals surface area contributed by atoms with E-state index in [1.807, 2.05) is 20.8 Å². The van der Waals surface area contributed by atoms with E-state index >= 15 is 0 Å². The maximum absolute atomic E-state index is 12.8. The SMILES string of the molecule is Cc1nn(C(C)C)c(Oc2ccc(F)cc2)c1N. The minimum absolute atomic E-state index is 0.136. The van der Waals surface area contributed by atoms with Crippen molar-refractivity contribution >= 4 is 5.69 Å². The summed E-state index contributed by atoms with van der Waals surface area (Å²) >= 11 is 0. The van der Waals surface area contributed by atoms with Crippen LogP contribution in [0.2, 0.25) is 0 Å². The molecule has 18 heavy (non-hydrogen) atoms. The standard InChI is InChI=1S/C13H16FN3O/c1-8(2)17-13(12(15)9(3)16-17)18-11-6-4-10(14)5-7-11/h4-8H,15H2,1-3H3. The highest BCUT2D eigenvalue weighted by atomic mass is 19.1. The van der Waals surface area contributed by atoms with Crippen molar-refractivity contribution in [2.24, 2.45) is 0 Å². The number of rotatable bonds is 3. The normalized spacial score (nSPS) is 10.9. The van der Waals surface area contributed by atoms with Gasteiger partial charge in [0.25, 0.3) is 0 Å². The molecule has 2 aromatic rings. The predicted octanol–water partition coefficient (Wildman–Crippen LogP) is 3.29. The van der Waals surface area contributed by atoms with Crippen LogP contribution >= 0.6 is 0 Å². The Morgan fingerprint density at radius 3 is 2.44 bits per heavy atom. The molecule has 96 valence electrons. The second kappa shape index (κ2) is 4.68. The van der Waals surface area contributed by atoms with Gasteiger partial charge in [0.15, 0.2) is 0 Å². The van der Waals surface area contributed by atoms with Gasteiger partial charge in [0, 0.05) is 0 Å². The number of hydrogen-bond donors (Lipinski definition) is 1. The van der Waals surface area contributed by atoms with Crippen LogP contribution in [0.1, 0.15) is 25.6 Å². The molecule has 0 saturated heterocycles. The van der Waals surface area contributed by atoms with Gasteiger partial charge in [-0.3, -0.25) is 0 Å². The van der Waals surface area contributed by atoms with E-state index in [9.17, 15) is 4.39 Å². The van der Waals surface area contributed by atoms with Gasteiger partial charge in [0.1, 0.15) is 17.3 Å². The molecule has 0 aliphatic carbocycles. The molecule has 0 spiro atoms. The van der Waals surface area contributed by atoms with Gasteiger partial charge in [0.2, 0.25) is 5.88 Å². The molecule has 1 aromatic carbocycles. The van der Waals surface area contributed by atoms with E-state index in [1.165, 1.54) is 12.1 Å². The number of aryl methyl sites for hydroxylation is 1. The van der Waals surface area contributed by atoms with E-state index in [-0.39, 0.29) is 11.9 Å². The van der Waals surface area contributed by atoms with Crippen LogP contribution in [0.15, 0.2) is 24.3 Å². The van der Waals surface area contributed by atoms with Gasteiger partial charge in [-0.1, -0.05) is 0 Å². The summed E-state index contributed by atoms with van der Waals surface area (Å²) in [6.07, 6.45) is 0. The van der Waals surface area contributed by atoms with Crippen LogP contribution in [0.3, 0.4) is 0 Å². The van der Waals surface area contributed by atoms with E-state index in [2.05, 4.69) is 5.10 Å². The molecular weight excluding hydrogens is 233 g/mol. The number of nitrogens with two attached hydrogens (primary N) is 1. The first kappa shape index (κ1) is 12.4. The number of hydrogen-bond acceptors (Lipinski definition) is 3. The fourth-order valence-corrected chi connectivity index (χ4v) is 1.61. The first-order valence-electron chi connectivity index (χ1n) is 5.77. The summed E-state index contributed by atoms with van der Waals surface area (Å²) < 4.78 is 20.2. The molecule has 0 atom stereocenters. The summed E-state index contributed by atoms with van der Waals surface area (Å²) in [5, 5.41) is 4.32. The van der Waals surface area contributed by atoms with Gasteiger partial charge in [0.05, 0.1) is 11.7 Å². The number of nitrogens with zero attached hydrogens (tertiary/aromatic N) is 2. The van der Waals surface area contributed by atoms with Crippen molar-refractivity contribution in [3.63, 3.8) is 0 Å². The zero-order valence-electron chi connectivity index (χ0n) is 10.6. The first-order chi connectivity index (χ1) is 8.49. The van der Waals surface area contributed by atoms with Crippen LogP contribution in [0.25, 0.3) is 0 Å². The average Bonchev–Trinajstić information content (AvgIpc) is 2.60. The summed E-state index contributed by atoms with van der Waals surface area (Å²) in [5.74, 6) is 0.725. The molecule has 0 aliphatic rings. The first-order valence-corrected chi connectivity index (χ1v) is 5.77. The lowest BCUT2D eigenvalue weighted by Gasteiger charge is -2.12. The number of benzene rings is 1. The quantitative estimate of drug-likeness (QED) is 0.908. The Morgan fingerprint density at radius 1 is 1.28 bits per heavy atom. The zero-order chi connectivity index (χ0) is 13.3. The molecule has 0 unspecified atom stereocenters. The zero-order valence-corrected chi connectivity index (χ0v) is 10.6. The Balaban J connectivity index is 2.36. The molecule has 1 heterocycles. The maximum atomic E-state index is 12.8. The Bertz CT molecular complexity index is 546. The topological polar surface area (TPSA) is 53.1 Å². The smallest absolute Gasteiger partial charge is 0.241 e. The monoisotopic (exact) mass is 249 g/mol. The number of halogens is 1. The van der Waals surface area contributed by atoms with Crippen molar-refractivity contribution in [1.82, 2.24) is 9.78 Å². The Kier molecular flexibility index (Phi) is 3.23. The van der Waals surface area contributed by atoms with Crippen LogP contribution in [-0.4, -0.2) is 9.78 Å². The highest BCUT2D eigenvalue weighted by Crippen LogP contribution is 2.32. The molecular formula is C13H16FN3O. The Hall–Kier alpha value is -2.04. The number of aromatic nitrogens is 2. The van der Waals surface area contributed by atoms with Crippen molar-refractivity contribution < 1.29 is 9.13 Å². The molecule has 0 saturated carbocycles. The van der Waals surface area contributed by atoms with Crippen LogP contribution in [0, 0.1) is 12.7 Å². The molecule has 1 aromatic heterocycles. The van der Waals surface area contributed by atoms with Crippen LogP contribution in [0.5, 0.6) is 11.6 Å². The molecule has 2 N–H and O–H groups in total. The van der Waals surface area contributed by atoms with Crippen LogP contribution < -0.4 is 10.5 Å². The number of ether oxygens (including phenoxy) is 1. The van der Waals surface area contributed by atoms with E-state index < -0.39 is 0 Å². The molecule has 4 nitrogen and oxygen atoms in total. The predicted molar refractivity (Wildman–Crippen MR) is 68.2 cm³/mol. The van der Waals surface area contributed by atoms with E-state index in [4.69, 9.17) is 10.5 Å². The van der Waals surface area contributed by atoms with Crippen molar-refractivity contribution in [2.75, 3.05) is 5.73 Å². The van der Waals surface area contributed by atoms with Crippen molar-refractivity contribution in [3.05, 3.63) is 35.8 Å². The summed E-state index contributed by atoms with van der Waals surface area (Å²) in [6, 6.07) is 5.93. The molecule has 0 aliphatic heterocycles. The van der Waals surface area contributed by atoms with Gasteiger partial charge < -0.3 is 10.5 Å². The van der Waals surface area contributed by atoms with Crippen molar-refractivity contribution in [1.29, 1.82) is 0 Å². The molecule has 0 radical (unpaired) electrons. The molecule has 0 fully saturated rings. The third-order valence-corrected chi connectivity index (χ3v) is 2.60. The van der Waals surface area contributed by atoms with E-state index in [1.54, 1.807) is 16.8 Å². The second-order valence-corrected chi connectivity index (χ2v) is 4.40. The average molecular weight is 249 g/mol. The molecule has 2 rings (SSSR count). The van der Waals surface area contributed by atoms with Gasteiger partial charge in [-0.25, -0.2) is 9.07 Å². The van der Waals surface area contributed by atoms with Crippen LogP contribution in [0.4, 0.5) is 10.1 Å². The lowest BCUT2D eigenvalue weighted by atomic mass is 10.3. The maximum Gasteiger partial charge on any atom is 0.241 e. The fraction of sp³-hybridized carbons (Fsp3) is 0.308. The largest absolute Gasteiger partial charge is 0.437 e. The highest BCUT2D eigenvalue weighted by Gasteiger charge is 2.16. The van der Waals surface area contributed by atoms with Crippen molar-refractivity contribution in [3.8, 4) is 11.6 Å². The number of nitrogen functional groups attached to an aromatic ring is 1. The molecule has 0 bridgehead atoms. The van der Waals surface area contributed by atoms with Crippen LogP contribution in [-0.2, 0) is 0 Å². The fourth-order valence-electron chi connectivity index (χ4n) is 1.61. The van der Waals surface area contributed by atoms with Gasteiger partial charge >= 0.3 is 0 Å². The second-order valence-electron chi connectivity index (χ2n) is 4.40. The highest BCUT2D eigenvalue weighted by molar-refractivity contribution is 5.54. The summed E-state index contributed by atoms with van der Waals surface area (Å²) in [5.41, 5.74) is 7.17. The van der Waals surface area contributed by atoms with Gasteiger partial charge in [-0.2, -0.15) is 5.10 Å². The van der Waals surface area contributed by atoms with Gasteiger partial charge in [-0.15, -0.1) is 0 Å². The van der Waals surface area contributed by atoms with E-state index in [0.29, 0.717) is 17.3 Å². The van der Waals surface area contributed by atoms with E-state index in [0.717, 1.165) is 5.69 Å². The third kappa shape index (κ3) is 2.30. The third-order valence-electron chi connectivity index (χ3n) is 2.60. The van der Waals surface area contributed by atoms with Crippen molar-refractivity contribution in [2.45, 2.75) is 26.8 Å². The number of anilines is 1. The lowest BCUT2D eigenvalue weighted by molar-refractivity contribution is 0.389. The molecule has 5 heteroatoms. The lowest BCUT2D eigenvalue weighted by Crippen LogP contribution is -2.05. The summed E-state index contributed by atoms with van der Waals surface area (Å²) in [4.78, 5) is 0. The Labute approximate surface area is 105 Å². The summed E-state index contributed by atoms with van der Waals surface area (Å²) in [6.45, 7) is 5.80. The summed E-state index contributed by atoms with van der Waals surface area (Å²) in [7, 11) is 0. The minimum atomic E-state index is -0.302.